The predicted octanol–water partition coefficient (Wildman–Crippen LogP) is 3.70. The number of hydrogen-bond donors (Lipinski definition) is 1. The first-order valence-electron chi connectivity index (χ1n) is 10.1. The molecule has 1 aliphatic carbocycles. The SMILES string of the molecule is OC1CCC(N2CCC3(CCN(c4cccc(C(F)(F)F)n4)CC3)C2)CC1. The van der Waals surface area contributed by atoms with Gasteiger partial charge >= 0.3 is 6.18 Å². The number of aliphatic hydroxyl groups excluding tert-OH is 1. The summed E-state index contributed by atoms with van der Waals surface area (Å²) in [5.74, 6) is 0.441. The van der Waals surface area contributed by atoms with Crippen LogP contribution in [-0.2, 0) is 6.18 Å². The van der Waals surface area contributed by atoms with Gasteiger partial charge in [-0.2, -0.15) is 13.2 Å². The fourth-order valence-electron chi connectivity index (χ4n) is 5.08. The lowest BCUT2D eigenvalue weighted by molar-refractivity contribution is -0.141. The molecule has 2 saturated heterocycles. The highest BCUT2D eigenvalue weighted by Gasteiger charge is 2.43. The first kappa shape index (κ1) is 19.0. The van der Waals surface area contributed by atoms with Crippen molar-refractivity contribution in [3.05, 3.63) is 23.9 Å². The minimum Gasteiger partial charge on any atom is -0.393 e. The minimum atomic E-state index is -4.40. The highest BCUT2D eigenvalue weighted by molar-refractivity contribution is 5.40. The quantitative estimate of drug-likeness (QED) is 0.845. The van der Waals surface area contributed by atoms with Crippen LogP contribution in [0, 0.1) is 5.41 Å². The zero-order chi connectivity index (χ0) is 19.1. The molecule has 0 unspecified atom stereocenters. The van der Waals surface area contributed by atoms with Crippen molar-refractivity contribution >= 4 is 5.82 Å². The number of aromatic nitrogens is 1. The summed E-state index contributed by atoms with van der Waals surface area (Å²) >= 11 is 0. The minimum absolute atomic E-state index is 0.124. The zero-order valence-corrected chi connectivity index (χ0v) is 15.6. The average Bonchev–Trinajstić information content (AvgIpc) is 3.06. The molecule has 150 valence electrons. The second-order valence-electron chi connectivity index (χ2n) is 8.55. The van der Waals surface area contributed by atoms with Crippen molar-refractivity contribution in [3.63, 3.8) is 0 Å². The van der Waals surface area contributed by atoms with E-state index < -0.39 is 11.9 Å². The maximum Gasteiger partial charge on any atom is 0.433 e. The number of pyridine rings is 1. The topological polar surface area (TPSA) is 39.6 Å². The summed E-state index contributed by atoms with van der Waals surface area (Å²) in [6, 6.07) is 4.76. The molecule has 1 saturated carbocycles. The van der Waals surface area contributed by atoms with E-state index in [4.69, 9.17) is 0 Å². The molecule has 0 aromatic carbocycles. The first-order valence-corrected chi connectivity index (χ1v) is 10.1. The Morgan fingerprint density at radius 1 is 1.00 bits per heavy atom. The zero-order valence-electron chi connectivity index (χ0n) is 15.6. The Kier molecular flexibility index (Phi) is 5.10. The van der Waals surface area contributed by atoms with Crippen LogP contribution in [0.25, 0.3) is 0 Å². The van der Waals surface area contributed by atoms with E-state index in [0.29, 0.717) is 17.3 Å². The number of nitrogens with zero attached hydrogens (tertiary/aromatic N) is 3. The van der Waals surface area contributed by atoms with Crippen LogP contribution in [0.2, 0.25) is 0 Å². The van der Waals surface area contributed by atoms with Crippen molar-refractivity contribution in [1.82, 2.24) is 9.88 Å². The third-order valence-electron chi connectivity index (χ3n) is 6.82. The number of rotatable bonds is 2. The van der Waals surface area contributed by atoms with Gasteiger partial charge in [0, 0.05) is 25.7 Å². The largest absolute Gasteiger partial charge is 0.433 e. The Labute approximate surface area is 158 Å². The second-order valence-corrected chi connectivity index (χ2v) is 8.55. The molecule has 0 bridgehead atoms. The van der Waals surface area contributed by atoms with Gasteiger partial charge in [-0.15, -0.1) is 0 Å². The van der Waals surface area contributed by atoms with Crippen LogP contribution < -0.4 is 4.90 Å². The summed E-state index contributed by atoms with van der Waals surface area (Å²) in [6.45, 7) is 3.75. The number of aliphatic hydroxyl groups is 1. The molecule has 0 amide bonds. The van der Waals surface area contributed by atoms with Crippen LogP contribution in [0.3, 0.4) is 0 Å². The van der Waals surface area contributed by atoms with E-state index in [1.165, 1.54) is 12.5 Å². The summed E-state index contributed by atoms with van der Waals surface area (Å²) in [4.78, 5) is 8.45. The number of halogens is 3. The van der Waals surface area contributed by atoms with Crippen molar-refractivity contribution in [1.29, 1.82) is 0 Å². The van der Waals surface area contributed by atoms with Crippen LogP contribution in [0.15, 0.2) is 18.2 Å². The fourth-order valence-corrected chi connectivity index (χ4v) is 5.08. The standard InChI is InChI=1S/C20H28F3N3O/c21-20(22,23)17-2-1-3-18(24-17)25-11-8-19(9-12-25)10-13-26(14-19)15-4-6-16(27)7-5-15/h1-3,15-16,27H,4-14H2. The van der Waals surface area contributed by atoms with E-state index >= 15 is 0 Å². The number of likely N-dealkylation sites (tertiary alicyclic amines) is 1. The molecule has 3 aliphatic rings. The molecule has 1 aromatic heterocycles. The van der Waals surface area contributed by atoms with E-state index in [-0.39, 0.29) is 6.10 Å². The Morgan fingerprint density at radius 3 is 2.33 bits per heavy atom. The average molecular weight is 383 g/mol. The van der Waals surface area contributed by atoms with E-state index in [2.05, 4.69) is 9.88 Å². The Morgan fingerprint density at radius 2 is 1.67 bits per heavy atom. The number of piperidine rings is 1. The van der Waals surface area contributed by atoms with Crippen molar-refractivity contribution < 1.29 is 18.3 Å². The third-order valence-corrected chi connectivity index (χ3v) is 6.82. The number of hydrogen-bond acceptors (Lipinski definition) is 4. The normalized spacial score (nSPS) is 29.4. The Balaban J connectivity index is 1.35. The van der Waals surface area contributed by atoms with Crippen molar-refractivity contribution in [2.24, 2.45) is 5.41 Å². The molecular weight excluding hydrogens is 355 g/mol. The fraction of sp³-hybridized carbons (Fsp3) is 0.750. The summed E-state index contributed by atoms with van der Waals surface area (Å²) < 4.78 is 38.8. The molecule has 4 rings (SSSR count). The van der Waals surface area contributed by atoms with Gasteiger partial charge < -0.3 is 10.0 Å². The molecule has 1 N–H and O–H groups in total. The maximum atomic E-state index is 12.9. The molecule has 7 heteroatoms. The number of alkyl halides is 3. The summed E-state index contributed by atoms with van der Waals surface area (Å²) in [6.07, 6.45) is 2.65. The molecular formula is C20H28F3N3O. The number of anilines is 1. The lowest BCUT2D eigenvalue weighted by Crippen LogP contribution is -2.44. The van der Waals surface area contributed by atoms with E-state index in [0.717, 1.165) is 70.8 Å². The van der Waals surface area contributed by atoms with Crippen molar-refractivity contribution in [2.75, 3.05) is 31.1 Å². The molecule has 2 aliphatic heterocycles. The summed E-state index contributed by atoms with van der Waals surface area (Å²) in [5, 5.41) is 9.72. The lowest BCUT2D eigenvalue weighted by Gasteiger charge is -2.41. The van der Waals surface area contributed by atoms with Gasteiger partial charge in [-0.3, -0.25) is 4.90 Å². The lowest BCUT2D eigenvalue weighted by atomic mass is 9.77. The van der Waals surface area contributed by atoms with Gasteiger partial charge in [0.1, 0.15) is 11.5 Å². The predicted molar refractivity (Wildman–Crippen MR) is 97.6 cm³/mol. The molecule has 27 heavy (non-hydrogen) atoms. The van der Waals surface area contributed by atoms with Gasteiger partial charge in [0.05, 0.1) is 6.10 Å². The maximum absolute atomic E-state index is 12.9. The monoisotopic (exact) mass is 383 g/mol. The van der Waals surface area contributed by atoms with Gasteiger partial charge in [0.15, 0.2) is 0 Å². The summed E-state index contributed by atoms with van der Waals surface area (Å²) in [7, 11) is 0. The van der Waals surface area contributed by atoms with Crippen LogP contribution >= 0.6 is 0 Å². The smallest absolute Gasteiger partial charge is 0.393 e. The molecule has 3 fully saturated rings. The molecule has 3 heterocycles. The van der Waals surface area contributed by atoms with Crippen LogP contribution in [-0.4, -0.2) is 53.3 Å². The highest BCUT2D eigenvalue weighted by atomic mass is 19.4. The van der Waals surface area contributed by atoms with Gasteiger partial charge in [-0.05, 0) is 69.0 Å². The molecule has 1 aromatic rings. The van der Waals surface area contributed by atoms with Gasteiger partial charge in [-0.1, -0.05) is 6.07 Å². The molecule has 0 atom stereocenters. The van der Waals surface area contributed by atoms with Gasteiger partial charge in [-0.25, -0.2) is 4.98 Å². The Hall–Kier alpha value is -1.34. The van der Waals surface area contributed by atoms with Gasteiger partial charge in [0.25, 0.3) is 0 Å². The third kappa shape index (κ3) is 4.09. The van der Waals surface area contributed by atoms with Crippen molar-refractivity contribution in [2.45, 2.75) is 63.3 Å². The van der Waals surface area contributed by atoms with E-state index in [1.807, 2.05) is 4.90 Å². The van der Waals surface area contributed by atoms with Crippen LogP contribution in [0.1, 0.15) is 50.6 Å². The van der Waals surface area contributed by atoms with Crippen LogP contribution in [0.5, 0.6) is 0 Å². The van der Waals surface area contributed by atoms with Crippen LogP contribution in [0.4, 0.5) is 19.0 Å². The molecule has 0 radical (unpaired) electrons. The first-order chi connectivity index (χ1) is 12.8. The Bertz CT molecular complexity index is 650. The molecule has 4 nitrogen and oxygen atoms in total. The highest BCUT2D eigenvalue weighted by Crippen LogP contribution is 2.43. The second kappa shape index (κ2) is 7.24. The van der Waals surface area contributed by atoms with Crippen molar-refractivity contribution in [3.8, 4) is 0 Å². The summed E-state index contributed by atoms with van der Waals surface area (Å²) in [5.41, 5.74) is -0.513. The van der Waals surface area contributed by atoms with E-state index in [1.54, 1.807) is 6.07 Å². The van der Waals surface area contributed by atoms with Gasteiger partial charge in [0.2, 0.25) is 0 Å². The molecule has 1 spiro atoms. The van der Waals surface area contributed by atoms with E-state index in [9.17, 15) is 18.3 Å².